The molecule has 8 nitrogen and oxygen atoms in total. The van der Waals surface area contributed by atoms with E-state index in [-0.39, 0.29) is 0 Å². The Kier molecular flexibility index (Phi) is 9.17. The van der Waals surface area contributed by atoms with Gasteiger partial charge in [0.15, 0.2) is 5.96 Å². The van der Waals surface area contributed by atoms with E-state index in [2.05, 4.69) is 44.6 Å². The fourth-order valence-corrected chi connectivity index (χ4v) is 1.91. The van der Waals surface area contributed by atoms with E-state index in [4.69, 9.17) is 4.74 Å². The van der Waals surface area contributed by atoms with E-state index in [9.17, 15) is 0 Å². The molecule has 0 aromatic carbocycles. The van der Waals surface area contributed by atoms with E-state index >= 15 is 0 Å². The van der Waals surface area contributed by atoms with Gasteiger partial charge in [-0.05, 0) is 20.4 Å². The van der Waals surface area contributed by atoms with Crippen LogP contribution in [0.2, 0.25) is 0 Å². The first-order valence-corrected chi connectivity index (χ1v) is 7.70. The summed E-state index contributed by atoms with van der Waals surface area (Å²) in [5.41, 5.74) is 0. The molecule has 0 bridgehead atoms. The molecule has 0 saturated heterocycles. The number of ether oxygens (including phenoxy) is 1. The van der Waals surface area contributed by atoms with Gasteiger partial charge in [0.05, 0.1) is 0 Å². The monoisotopic (exact) mass is 311 g/mol. The van der Waals surface area contributed by atoms with Crippen LogP contribution in [0.1, 0.15) is 19.2 Å². The van der Waals surface area contributed by atoms with Crippen LogP contribution in [0.15, 0.2) is 11.3 Å². The average Bonchev–Trinajstić information content (AvgIpc) is 2.90. The molecule has 0 spiro atoms. The fraction of sp³-hybridized carbons (Fsp3) is 0.786. The van der Waals surface area contributed by atoms with Crippen molar-refractivity contribution in [2.24, 2.45) is 12.0 Å². The Morgan fingerprint density at radius 3 is 2.86 bits per heavy atom. The largest absolute Gasteiger partial charge is 0.385 e. The van der Waals surface area contributed by atoms with E-state index in [1.807, 2.05) is 7.05 Å². The van der Waals surface area contributed by atoms with Gasteiger partial charge in [-0.15, -0.1) is 0 Å². The number of rotatable bonds is 10. The van der Waals surface area contributed by atoms with Gasteiger partial charge in [0, 0.05) is 46.9 Å². The molecule has 0 saturated carbocycles. The molecule has 1 heterocycles. The third kappa shape index (κ3) is 7.37. The predicted octanol–water partition coefficient (Wildman–Crippen LogP) is -0.161. The van der Waals surface area contributed by atoms with Crippen molar-refractivity contribution in [1.29, 1.82) is 0 Å². The van der Waals surface area contributed by atoms with Gasteiger partial charge < -0.3 is 20.3 Å². The molecule has 0 aliphatic rings. The summed E-state index contributed by atoms with van der Waals surface area (Å²) in [7, 11) is 5.71. The molecular formula is C14H29N7O. The third-order valence-corrected chi connectivity index (χ3v) is 3.20. The number of methoxy groups -OCH3 is 1. The van der Waals surface area contributed by atoms with Gasteiger partial charge in [0.25, 0.3) is 0 Å². The highest BCUT2D eigenvalue weighted by Crippen LogP contribution is 1.93. The van der Waals surface area contributed by atoms with Crippen molar-refractivity contribution >= 4 is 5.96 Å². The summed E-state index contributed by atoms with van der Waals surface area (Å²) in [6, 6.07) is 0. The molecule has 1 rings (SSSR count). The number of nitrogens with zero attached hydrogens (tertiary/aromatic N) is 5. The minimum atomic E-state index is 0.509. The highest BCUT2D eigenvalue weighted by Gasteiger charge is 2.02. The summed E-state index contributed by atoms with van der Waals surface area (Å²) in [6.45, 7) is 7.02. The lowest BCUT2D eigenvalue weighted by molar-refractivity contribution is 0.180. The van der Waals surface area contributed by atoms with Gasteiger partial charge in [0.1, 0.15) is 18.7 Å². The summed E-state index contributed by atoms with van der Waals surface area (Å²) in [5, 5.41) is 10.6. The van der Waals surface area contributed by atoms with Crippen LogP contribution in [0.5, 0.6) is 0 Å². The Morgan fingerprint density at radius 1 is 1.41 bits per heavy atom. The van der Waals surface area contributed by atoms with Crippen LogP contribution in [0.25, 0.3) is 0 Å². The lowest BCUT2D eigenvalue weighted by Gasteiger charge is -2.18. The van der Waals surface area contributed by atoms with E-state index in [1.165, 1.54) is 0 Å². The molecule has 126 valence electrons. The first kappa shape index (κ1) is 18.4. The number of aliphatic imine (C=N–C) groups is 1. The second-order valence-electron chi connectivity index (χ2n) is 5.07. The number of likely N-dealkylation sites (N-methyl/N-ethyl adjacent to an activating group) is 1. The number of aromatic nitrogens is 3. The van der Waals surface area contributed by atoms with E-state index in [0.29, 0.717) is 6.54 Å². The Morgan fingerprint density at radius 2 is 2.23 bits per heavy atom. The number of guanidine groups is 1. The van der Waals surface area contributed by atoms with Crippen molar-refractivity contribution in [3.05, 3.63) is 12.2 Å². The lowest BCUT2D eigenvalue weighted by atomic mass is 10.4. The van der Waals surface area contributed by atoms with Crippen molar-refractivity contribution in [2.75, 3.05) is 46.9 Å². The number of nitrogens with one attached hydrogen (secondary N) is 2. The average molecular weight is 311 g/mol. The molecule has 8 heteroatoms. The van der Waals surface area contributed by atoms with Gasteiger partial charge in [0.2, 0.25) is 0 Å². The van der Waals surface area contributed by atoms with Crippen molar-refractivity contribution in [3.63, 3.8) is 0 Å². The molecule has 22 heavy (non-hydrogen) atoms. The van der Waals surface area contributed by atoms with Gasteiger partial charge in [-0.2, -0.15) is 5.10 Å². The summed E-state index contributed by atoms with van der Waals surface area (Å²) in [6.07, 6.45) is 2.59. The summed E-state index contributed by atoms with van der Waals surface area (Å²) >= 11 is 0. The van der Waals surface area contributed by atoms with Crippen LogP contribution >= 0.6 is 0 Å². The molecule has 1 aromatic heterocycles. The molecular weight excluding hydrogens is 282 g/mol. The van der Waals surface area contributed by atoms with Gasteiger partial charge in [-0.3, -0.25) is 4.68 Å². The number of hydrogen-bond acceptors (Lipinski definition) is 5. The normalized spacial score (nSPS) is 12.0. The maximum atomic E-state index is 5.06. The lowest BCUT2D eigenvalue weighted by Crippen LogP contribution is -2.41. The van der Waals surface area contributed by atoms with Crippen molar-refractivity contribution in [3.8, 4) is 0 Å². The molecule has 0 aliphatic carbocycles. The standard InChI is InChI=1S/C14H29N7O/c1-5-15-14(17-11-13-18-12-19-21(13)3)16-7-9-20(2)8-6-10-22-4/h12H,5-11H2,1-4H3,(H2,15,16,17). The van der Waals surface area contributed by atoms with Crippen LogP contribution in [0.3, 0.4) is 0 Å². The van der Waals surface area contributed by atoms with Crippen LogP contribution < -0.4 is 10.6 Å². The quantitative estimate of drug-likeness (QED) is 0.355. The third-order valence-electron chi connectivity index (χ3n) is 3.20. The maximum Gasteiger partial charge on any atom is 0.191 e. The highest BCUT2D eigenvalue weighted by atomic mass is 16.5. The Labute approximate surface area is 133 Å². The topological polar surface area (TPSA) is 79.6 Å². The van der Waals surface area contributed by atoms with Crippen molar-refractivity contribution in [2.45, 2.75) is 19.9 Å². The summed E-state index contributed by atoms with van der Waals surface area (Å²) < 4.78 is 6.79. The van der Waals surface area contributed by atoms with E-state index in [1.54, 1.807) is 18.1 Å². The van der Waals surface area contributed by atoms with Gasteiger partial charge in [-0.1, -0.05) is 0 Å². The molecule has 0 amide bonds. The maximum absolute atomic E-state index is 5.06. The van der Waals surface area contributed by atoms with Crippen LogP contribution in [0, 0.1) is 0 Å². The van der Waals surface area contributed by atoms with E-state index < -0.39 is 0 Å². The molecule has 0 fully saturated rings. The van der Waals surface area contributed by atoms with Crippen LogP contribution in [0.4, 0.5) is 0 Å². The molecule has 2 N–H and O–H groups in total. The SMILES string of the molecule is CCNC(=NCc1ncnn1C)NCCN(C)CCCOC. The molecule has 0 aliphatic heterocycles. The zero-order valence-corrected chi connectivity index (χ0v) is 14.2. The zero-order valence-electron chi connectivity index (χ0n) is 14.2. The van der Waals surface area contributed by atoms with Crippen LogP contribution in [-0.2, 0) is 18.3 Å². The van der Waals surface area contributed by atoms with Crippen molar-refractivity contribution in [1.82, 2.24) is 30.3 Å². The van der Waals surface area contributed by atoms with Gasteiger partial charge in [-0.25, -0.2) is 9.98 Å². The fourth-order valence-electron chi connectivity index (χ4n) is 1.91. The van der Waals surface area contributed by atoms with Crippen molar-refractivity contribution < 1.29 is 4.74 Å². The Bertz CT molecular complexity index is 433. The number of aryl methyl sites for hydroxylation is 1. The molecule has 1 aromatic rings. The Hall–Kier alpha value is -1.67. The van der Waals surface area contributed by atoms with Gasteiger partial charge >= 0.3 is 0 Å². The highest BCUT2D eigenvalue weighted by molar-refractivity contribution is 5.79. The second kappa shape index (κ2) is 11.0. The predicted molar refractivity (Wildman–Crippen MR) is 87.8 cm³/mol. The minimum absolute atomic E-state index is 0.509. The van der Waals surface area contributed by atoms with E-state index in [0.717, 1.165) is 51.0 Å². The number of hydrogen-bond donors (Lipinski definition) is 2. The van der Waals surface area contributed by atoms with Crippen LogP contribution in [-0.4, -0.2) is 72.6 Å². The minimum Gasteiger partial charge on any atom is -0.385 e. The molecule has 0 atom stereocenters. The first-order chi connectivity index (χ1) is 10.7. The summed E-state index contributed by atoms with van der Waals surface area (Å²) in [4.78, 5) is 11.0. The summed E-state index contributed by atoms with van der Waals surface area (Å²) in [5.74, 6) is 1.64. The molecule has 0 unspecified atom stereocenters. The first-order valence-electron chi connectivity index (χ1n) is 7.70. The zero-order chi connectivity index (χ0) is 16.2. The molecule has 0 radical (unpaired) electrons. The smallest absolute Gasteiger partial charge is 0.191 e. The Balaban J connectivity index is 2.32. The second-order valence-corrected chi connectivity index (χ2v) is 5.07.